The van der Waals surface area contributed by atoms with Gasteiger partial charge in [0.1, 0.15) is 0 Å². The van der Waals surface area contributed by atoms with Gasteiger partial charge in [0.15, 0.2) is 0 Å². The predicted octanol–water partition coefficient (Wildman–Crippen LogP) is 1.99. The minimum atomic E-state index is -0.770. The first-order valence-electron chi connectivity index (χ1n) is 5.14. The molecular formula is C11H18N2O2S. The summed E-state index contributed by atoms with van der Waals surface area (Å²) in [7, 11) is 1.92. The first-order valence-corrected chi connectivity index (χ1v) is 6.02. The molecule has 1 heterocycles. The molecule has 4 nitrogen and oxygen atoms in total. The second-order valence-electron chi connectivity index (χ2n) is 4.72. The summed E-state index contributed by atoms with van der Waals surface area (Å²) in [4.78, 5) is 17.3. The number of aryl methyl sites for hydroxylation is 1. The van der Waals surface area contributed by atoms with Crippen LogP contribution in [0.5, 0.6) is 0 Å². The van der Waals surface area contributed by atoms with E-state index in [0.29, 0.717) is 13.1 Å². The van der Waals surface area contributed by atoms with Crippen molar-refractivity contribution in [3.63, 3.8) is 0 Å². The van der Waals surface area contributed by atoms with Gasteiger partial charge in [-0.2, -0.15) is 0 Å². The lowest BCUT2D eigenvalue weighted by molar-refractivity contribution is -0.147. The Hall–Kier alpha value is -0.940. The third-order valence-electron chi connectivity index (χ3n) is 2.34. The van der Waals surface area contributed by atoms with E-state index in [1.807, 2.05) is 24.3 Å². The molecular weight excluding hydrogens is 224 g/mol. The second-order valence-corrected chi connectivity index (χ2v) is 5.78. The molecule has 0 bridgehead atoms. The zero-order valence-corrected chi connectivity index (χ0v) is 11.0. The SMILES string of the molecule is Cc1nc(CN(C)CC(C)(C)C(=O)O)cs1. The molecule has 0 unspecified atom stereocenters. The van der Waals surface area contributed by atoms with E-state index in [2.05, 4.69) is 4.98 Å². The summed E-state index contributed by atoms with van der Waals surface area (Å²) >= 11 is 1.62. The topological polar surface area (TPSA) is 53.4 Å². The first-order chi connectivity index (χ1) is 7.31. The number of aromatic nitrogens is 1. The Morgan fingerprint density at radius 1 is 1.62 bits per heavy atom. The number of hydrogen-bond donors (Lipinski definition) is 1. The summed E-state index contributed by atoms with van der Waals surface area (Å²) < 4.78 is 0. The van der Waals surface area contributed by atoms with E-state index in [1.165, 1.54) is 0 Å². The smallest absolute Gasteiger partial charge is 0.310 e. The number of aliphatic carboxylic acids is 1. The van der Waals surface area contributed by atoms with E-state index in [0.717, 1.165) is 10.7 Å². The van der Waals surface area contributed by atoms with Gasteiger partial charge in [-0.25, -0.2) is 4.98 Å². The first kappa shape index (κ1) is 13.1. The molecule has 0 aliphatic rings. The van der Waals surface area contributed by atoms with Crippen molar-refractivity contribution in [3.05, 3.63) is 16.1 Å². The average Bonchev–Trinajstić information content (AvgIpc) is 2.49. The van der Waals surface area contributed by atoms with Crippen LogP contribution in [0.1, 0.15) is 24.5 Å². The fraction of sp³-hybridized carbons (Fsp3) is 0.636. The molecule has 0 atom stereocenters. The van der Waals surface area contributed by atoms with Crippen LogP contribution in [0.15, 0.2) is 5.38 Å². The van der Waals surface area contributed by atoms with Gasteiger partial charge in [0, 0.05) is 18.5 Å². The highest BCUT2D eigenvalue weighted by atomic mass is 32.1. The van der Waals surface area contributed by atoms with Crippen LogP contribution < -0.4 is 0 Å². The number of thiazole rings is 1. The number of carboxylic acids is 1. The minimum Gasteiger partial charge on any atom is -0.481 e. The monoisotopic (exact) mass is 242 g/mol. The van der Waals surface area contributed by atoms with E-state index in [1.54, 1.807) is 25.2 Å². The van der Waals surface area contributed by atoms with Crippen LogP contribution in [-0.4, -0.2) is 34.6 Å². The molecule has 0 fully saturated rings. The fourth-order valence-electron chi connectivity index (χ4n) is 1.56. The van der Waals surface area contributed by atoms with Gasteiger partial charge in [-0.15, -0.1) is 11.3 Å². The van der Waals surface area contributed by atoms with E-state index in [4.69, 9.17) is 5.11 Å². The second kappa shape index (κ2) is 4.93. The van der Waals surface area contributed by atoms with Crippen LogP contribution in [0, 0.1) is 12.3 Å². The number of nitrogens with zero attached hydrogens (tertiary/aromatic N) is 2. The summed E-state index contributed by atoms with van der Waals surface area (Å²) in [6.45, 7) is 6.64. The van der Waals surface area contributed by atoms with Gasteiger partial charge in [0.25, 0.3) is 0 Å². The molecule has 0 saturated heterocycles. The molecule has 16 heavy (non-hydrogen) atoms. The zero-order valence-electron chi connectivity index (χ0n) is 10.1. The molecule has 1 aromatic heterocycles. The van der Waals surface area contributed by atoms with Crippen molar-refractivity contribution >= 4 is 17.3 Å². The van der Waals surface area contributed by atoms with Gasteiger partial charge in [-0.1, -0.05) is 0 Å². The Morgan fingerprint density at radius 3 is 2.69 bits per heavy atom. The highest BCUT2D eigenvalue weighted by Crippen LogP contribution is 2.18. The average molecular weight is 242 g/mol. The highest BCUT2D eigenvalue weighted by Gasteiger charge is 2.28. The Kier molecular flexibility index (Phi) is 4.04. The maximum Gasteiger partial charge on any atom is 0.310 e. The van der Waals surface area contributed by atoms with Gasteiger partial charge >= 0.3 is 5.97 Å². The van der Waals surface area contributed by atoms with Crippen LogP contribution in [0.3, 0.4) is 0 Å². The van der Waals surface area contributed by atoms with Crippen LogP contribution in [0.4, 0.5) is 0 Å². The maximum atomic E-state index is 11.0. The van der Waals surface area contributed by atoms with Crippen LogP contribution in [0.25, 0.3) is 0 Å². The lowest BCUT2D eigenvalue weighted by Crippen LogP contribution is -2.36. The standard InChI is InChI=1S/C11H18N2O2S/c1-8-12-9(6-16-8)5-13(4)7-11(2,3)10(14)15/h6H,5,7H2,1-4H3,(H,14,15). The summed E-state index contributed by atoms with van der Waals surface area (Å²) in [6.07, 6.45) is 0. The number of carbonyl (C=O) groups is 1. The van der Waals surface area contributed by atoms with Crippen molar-refractivity contribution < 1.29 is 9.90 Å². The highest BCUT2D eigenvalue weighted by molar-refractivity contribution is 7.09. The molecule has 0 aliphatic heterocycles. The van der Waals surface area contributed by atoms with Crippen molar-refractivity contribution in [2.75, 3.05) is 13.6 Å². The third kappa shape index (κ3) is 3.57. The number of hydrogen-bond acceptors (Lipinski definition) is 4. The molecule has 1 rings (SSSR count). The van der Waals surface area contributed by atoms with Gasteiger partial charge in [0.2, 0.25) is 0 Å². The quantitative estimate of drug-likeness (QED) is 0.858. The molecule has 5 heteroatoms. The van der Waals surface area contributed by atoms with E-state index >= 15 is 0 Å². The number of carboxylic acid groups (broad SMARTS) is 1. The molecule has 0 aliphatic carbocycles. The number of rotatable bonds is 5. The molecule has 1 aromatic rings. The maximum absolute atomic E-state index is 11.0. The van der Waals surface area contributed by atoms with Crippen LogP contribution >= 0.6 is 11.3 Å². The normalized spacial score (nSPS) is 12.1. The molecule has 90 valence electrons. The summed E-state index contributed by atoms with van der Waals surface area (Å²) in [5.74, 6) is -0.770. The Balaban J connectivity index is 2.54. The van der Waals surface area contributed by atoms with Crippen LogP contribution in [0.2, 0.25) is 0 Å². The summed E-state index contributed by atoms with van der Waals surface area (Å²) in [6, 6.07) is 0. The lowest BCUT2D eigenvalue weighted by Gasteiger charge is -2.25. The van der Waals surface area contributed by atoms with E-state index < -0.39 is 11.4 Å². The van der Waals surface area contributed by atoms with Crippen LogP contribution in [-0.2, 0) is 11.3 Å². The van der Waals surface area contributed by atoms with Crippen molar-refractivity contribution in [3.8, 4) is 0 Å². The summed E-state index contributed by atoms with van der Waals surface area (Å²) in [5.41, 5.74) is 0.283. The van der Waals surface area contributed by atoms with Crippen molar-refractivity contribution in [2.45, 2.75) is 27.3 Å². The molecule has 0 radical (unpaired) electrons. The van der Waals surface area contributed by atoms with E-state index in [9.17, 15) is 4.79 Å². The van der Waals surface area contributed by atoms with Gasteiger partial charge < -0.3 is 5.11 Å². The molecule has 0 spiro atoms. The molecule has 0 amide bonds. The Morgan fingerprint density at radius 2 is 2.25 bits per heavy atom. The summed E-state index contributed by atoms with van der Waals surface area (Å²) in [5, 5.41) is 12.1. The van der Waals surface area contributed by atoms with Gasteiger partial charge in [0.05, 0.1) is 16.1 Å². The Labute approximate surface area is 99.9 Å². The third-order valence-corrected chi connectivity index (χ3v) is 3.16. The largest absolute Gasteiger partial charge is 0.481 e. The molecule has 0 saturated carbocycles. The van der Waals surface area contributed by atoms with Crippen molar-refractivity contribution in [2.24, 2.45) is 5.41 Å². The van der Waals surface area contributed by atoms with E-state index in [-0.39, 0.29) is 0 Å². The predicted molar refractivity (Wildman–Crippen MR) is 64.6 cm³/mol. The van der Waals surface area contributed by atoms with Crippen molar-refractivity contribution in [1.82, 2.24) is 9.88 Å². The molecule has 1 N–H and O–H groups in total. The minimum absolute atomic E-state index is 0.513. The van der Waals surface area contributed by atoms with Crippen molar-refractivity contribution in [1.29, 1.82) is 0 Å². The molecule has 0 aromatic carbocycles. The zero-order chi connectivity index (χ0) is 12.3. The Bertz CT molecular complexity index is 374. The van der Waals surface area contributed by atoms with Gasteiger partial charge in [-0.05, 0) is 27.8 Å². The van der Waals surface area contributed by atoms with Gasteiger partial charge in [-0.3, -0.25) is 9.69 Å². The lowest BCUT2D eigenvalue weighted by atomic mass is 9.93. The fourth-order valence-corrected chi connectivity index (χ4v) is 2.16.